The van der Waals surface area contributed by atoms with Crippen LogP contribution in [0.25, 0.3) is 0 Å². The van der Waals surface area contributed by atoms with Crippen molar-refractivity contribution in [1.29, 1.82) is 0 Å². The van der Waals surface area contributed by atoms with Gasteiger partial charge in [-0.2, -0.15) is 0 Å². The predicted octanol–water partition coefficient (Wildman–Crippen LogP) is 2.75. The number of rotatable bonds is 3. The number of esters is 1. The lowest BCUT2D eigenvalue weighted by atomic mass is 9.94. The van der Waals surface area contributed by atoms with E-state index < -0.39 is 0 Å². The number of cyclic esters (lactones) is 1. The normalized spacial score (nSPS) is 25.2. The van der Waals surface area contributed by atoms with E-state index in [0.717, 1.165) is 43.3 Å². The summed E-state index contributed by atoms with van der Waals surface area (Å²) < 4.78 is 5.35. The molecule has 2 heteroatoms. The van der Waals surface area contributed by atoms with Gasteiger partial charge in [-0.25, -0.2) is 4.79 Å². The summed E-state index contributed by atoms with van der Waals surface area (Å²) in [5.41, 5.74) is 2.07. The van der Waals surface area contributed by atoms with Gasteiger partial charge in [0.25, 0.3) is 0 Å². The Bertz CT molecular complexity index is 299. The number of carbonyl (C=O) groups excluding carboxylic acids is 1. The Morgan fingerprint density at radius 1 is 1.57 bits per heavy atom. The van der Waals surface area contributed by atoms with Gasteiger partial charge in [-0.1, -0.05) is 25.5 Å². The fraction of sp³-hybridized carbons (Fsp3) is 0.583. The maximum Gasteiger partial charge on any atom is 0.335 e. The van der Waals surface area contributed by atoms with Crippen LogP contribution in [0, 0.1) is 0 Å². The van der Waals surface area contributed by atoms with E-state index in [1.807, 2.05) is 0 Å². The van der Waals surface area contributed by atoms with Gasteiger partial charge in [0.2, 0.25) is 0 Å². The van der Waals surface area contributed by atoms with Crippen LogP contribution >= 0.6 is 0 Å². The largest absolute Gasteiger partial charge is 0.454 e. The summed E-state index contributed by atoms with van der Waals surface area (Å²) in [6.07, 6.45) is 9.37. The standard InChI is InChI=1S/C12H16O2/c1-2-3-8-11-9-6-4-5-7-10(9)12(13)14-11/h4,6,11H,2-3,5,7-8H2,1H3. The number of allylic oxidation sites excluding steroid dienone is 1. The van der Waals surface area contributed by atoms with Crippen LogP contribution in [-0.4, -0.2) is 12.1 Å². The molecule has 0 amide bonds. The molecule has 1 heterocycles. The molecule has 2 aliphatic rings. The molecule has 1 aliphatic carbocycles. The highest BCUT2D eigenvalue weighted by atomic mass is 16.5. The molecule has 0 saturated carbocycles. The number of ether oxygens (including phenoxy) is 1. The second-order valence-electron chi connectivity index (χ2n) is 3.91. The first-order valence-electron chi connectivity index (χ1n) is 5.43. The molecule has 0 aromatic carbocycles. The third-order valence-corrected chi connectivity index (χ3v) is 2.87. The van der Waals surface area contributed by atoms with Crippen LogP contribution in [0.1, 0.15) is 39.0 Å². The first-order chi connectivity index (χ1) is 6.83. The highest BCUT2D eigenvalue weighted by Gasteiger charge is 2.32. The Balaban J connectivity index is 2.11. The molecule has 1 atom stereocenters. The topological polar surface area (TPSA) is 26.3 Å². The number of hydrogen-bond acceptors (Lipinski definition) is 2. The minimum atomic E-state index is -0.0783. The van der Waals surface area contributed by atoms with Gasteiger partial charge in [-0.05, 0) is 25.7 Å². The van der Waals surface area contributed by atoms with E-state index in [1.165, 1.54) is 0 Å². The van der Waals surface area contributed by atoms with Gasteiger partial charge in [0.15, 0.2) is 0 Å². The minimum Gasteiger partial charge on any atom is -0.454 e. The lowest BCUT2D eigenvalue weighted by Gasteiger charge is -2.11. The summed E-state index contributed by atoms with van der Waals surface area (Å²) in [6.45, 7) is 2.16. The Morgan fingerprint density at radius 3 is 3.21 bits per heavy atom. The Morgan fingerprint density at radius 2 is 2.43 bits per heavy atom. The first kappa shape index (κ1) is 9.50. The first-order valence-corrected chi connectivity index (χ1v) is 5.43. The summed E-state index contributed by atoms with van der Waals surface area (Å²) in [4.78, 5) is 11.5. The van der Waals surface area contributed by atoms with Crippen LogP contribution < -0.4 is 0 Å². The summed E-state index contributed by atoms with van der Waals surface area (Å²) in [5.74, 6) is -0.0783. The zero-order valence-corrected chi connectivity index (χ0v) is 8.58. The molecule has 2 nitrogen and oxygen atoms in total. The monoisotopic (exact) mass is 192 g/mol. The Kier molecular flexibility index (Phi) is 2.71. The number of carbonyl (C=O) groups is 1. The SMILES string of the molecule is CCCCC1OC(=O)C2=C1C=CCC2. The van der Waals surface area contributed by atoms with Crippen LogP contribution in [-0.2, 0) is 9.53 Å². The molecule has 2 rings (SSSR count). The van der Waals surface area contributed by atoms with Crippen molar-refractivity contribution < 1.29 is 9.53 Å². The molecule has 14 heavy (non-hydrogen) atoms. The molecule has 1 aliphatic heterocycles. The van der Waals surface area contributed by atoms with Gasteiger partial charge in [-0.15, -0.1) is 0 Å². The van der Waals surface area contributed by atoms with Crippen LogP contribution in [0.4, 0.5) is 0 Å². The van der Waals surface area contributed by atoms with Crippen molar-refractivity contribution in [3.05, 3.63) is 23.3 Å². The molecule has 0 radical (unpaired) electrons. The average Bonchev–Trinajstić information content (AvgIpc) is 2.54. The van der Waals surface area contributed by atoms with Gasteiger partial charge in [-0.3, -0.25) is 0 Å². The molecular weight excluding hydrogens is 176 g/mol. The smallest absolute Gasteiger partial charge is 0.335 e. The van der Waals surface area contributed by atoms with Crippen molar-refractivity contribution in [3.8, 4) is 0 Å². The van der Waals surface area contributed by atoms with Crippen molar-refractivity contribution in [3.63, 3.8) is 0 Å². The van der Waals surface area contributed by atoms with E-state index >= 15 is 0 Å². The van der Waals surface area contributed by atoms with Gasteiger partial charge < -0.3 is 4.74 Å². The van der Waals surface area contributed by atoms with Gasteiger partial charge in [0.05, 0.1) is 0 Å². The van der Waals surface area contributed by atoms with E-state index in [1.54, 1.807) is 0 Å². The molecule has 0 spiro atoms. The number of unbranched alkanes of at least 4 members (excludes halogenated alkanes) is 1. The fourth-order valence-electron chi connectivity index (χ4n) is 2.07. The molecule has 0 fully saturated rings. The van der Waals surface area contributed by atoms with E-state index in [2.05, 4.69) is 19.1 Å². The van der Waals surface area contributed by atoms with E-state index in [-0.39, 0.29) is 12.1 Å². The molecule has 76 valence electrons. The summed E-state index contributed by atoms with van der Waals surface area (Å²) >= 11 is 0. The van der Waals surface area contributed by atoms with Crippen LogP contribution in [0.3, 0.4) is 0 Å². The average molecular weight is 192 g/mol. The predicted molar refractivity (Wildman–Crippen MR) is 54.8 cm³/mol. The third kappa shape index (κ3) is 1.61. The lowest BCUT2D eigenvalue weighted by molar-refractivity contribution is -0.140. The van der Waals surface area contributed by atoms with Gasteiger partial charge in [0.1, 0.15) is 6.10 Å². The summed E-state index contributed by atoms with van der Waals surface area (Å²) in [7, 11) is 0. The van der Waals surface area contributed by atoms with Crippen molar-refractivity contribution in [2.45, 2.75) is 45.1 Å². The summed E-state index contributed by atoms with van der Waals surface area (Å²) in [6, 6.07) is 0. The zero-order valence-electron chi connectivity index (χ0n) is 8.58. The Labute approximate surface area is 84.6 Å². The maximum atomic E-state index is 11.5. The fourth-order valence-corrected chi connectivity index (χ4v) is 2.07. The van der Waals surface area contributed by atoms with Gasteiger partial charge >= 0.3 is 5.97 Å². The van der Waals surface area contributed by atoms with Crippen LogP contribution in [0.2, 0.25) is 0 Å². The Hall–Kier alpha value is -1.05. The lowest BCUT2D eigenvalue weighted by Crippen LogP contribution is -2.10. The minimum absolute atomic E-state index is 0.0500. The van der Waals surface area contributed by atoms with Crippen molar-refractivity contribution in [1.82, 2.24) is 0 Å². The van der Waals surface area contributed by atoms with Crippen LogP contribution in [0.15, 0.2) is 23.3 Å². The zero-order chi connectivity index (χ0) is 9.97. The second-order valence-corrected chi connectivity index (χ2v) is 3.91. The summed E-state index contributed by atoms with van der Waals surface area (Å²) in [5, 5.41) is 0. The highest BCUT2D eigenvalue weighted by molar-refractivity contribution is 5.93. The quantitative estimate of drug-likeness (QED) is 0.643. The molecule has 0 bridgehead atoms. The van der Waals surface area contributed by atoms with E-state index in [9.17, 15) is 4.79 Å². The van der Waals surface area contributed by atoms with Crippen molar-refractivity contribution in [2.24, 2.45) is 0 Å². The molecule has 1 unspecified atom stereocenters. The maximum absolute atomic E-state index is 11.5. The molecular formula is C12H16O2. The van der Waals surface area contributed by atoms with Crippen molar-refractivity contribution >= 4 is 5.97 Å². The van der Waals surface area contributed by atoms with E-state index in [0.29, 0.717) is 0 Å². The second kappa shape index (κ2) is 3.99. The van der Waals surface area contributed by atoms with Crippen LogP contribution in [0.5, 0.6) is 0 Å². The van der Waals surface area contributed by atoms with Gasteiger partial charge in [0, 0.05) is 11.1 Å². The van der Waals surface area contributed by atoms with Crippen molar-refractivity contribution in [2.75, 3.05) is 0 Å². The van der Waals surface area contributed by atoms with E-state index in [4.69, 9.17) is 4.74 Å². The third-order valence-electron chi connectivity index (χ3n) is 2.87. The number of hydrogen-bond donors (Lipinski definition) is 0. The molecule has 0 N–H and O–H groups in total. The molecule has 0 aromatic heterocycles. The molecule has 0 aromatic rings. The highest BCUT2D eigenvalue weighted by Crippen LogP contribution is 2.32. The molecule has 0 saturated heterocycles.